The van der Waals surface area contributed by atoms with Gasteiger partial charge in [0, 0.05) is 18.9 Å². The van der Waals surface area contributed by atoms with Crippen LogP contribution in [0, 0.1) is 17.8 Å². The summed E-state index contributed by atoms with van der Waals surface area (Å²) in [4.78, 5) is 25.4. The van der Waals surface area contributed by atoms with E-state index in [0.29, 0.717) is 0 Å². The van der Waals surface area contributed by atoms with E-state index in [9.17, 15) is 24.9 Å². The number of hydrogen-bond acceptors (Lipinski definition) is 10. The van der Waals surface area contributed by atoms with Gasteiger partial charge >= 0.3 is 5.97 Å². The molecule has 1 aliphatic rings. The fourth-order valence-corrected chi connectivity index (χ4v) is 5.16. The molecule has 1 fully saturated rings. The van der Waals surface area contributed by atoms with Gasteiger partial charge in [-0.2, -0.15) is 0 Å². The van der Waals surface area contributed by atoms with Gasteiger partial charge in [0.1, 0.15) is 23.9 Å². The molecule has 0 saturated carbocycles. The number of nitrogens with zero attached hydrogens (tertiary/aromatic N) is 1. The van der Waals surface area contributed by atoms with E-state index >= 15 is 0 Å². The van der Waals surface area contributed by atoms with Gasteiger partial charge < -0.3 is 39.2 Å². The second-order valence-corrected chi connectivity index (χ2v) is 13.0. The summed E-state index contributed by atoms with van der Waals surface area (Å²) in [6, 6.07) is 0. The minimum atomic E-state index is -1.43. The molecule has 0 amide bonds. The lowest BCUT2D eigenvalue weighted by Crippen LogP contribution is -2.40. The largest absolute Gasteiger partial charge is 0.457 e. The molecular weight excluding hydrogens is 578 g/mol. The van der Waals surface area contributed by atoms with Crippen LogP contribution < -0.4 is 0 Å². The molecule has 10 nitrogen and oxygen atoms in total. The molecule has 45 heavy (non-hydrogen) atoms. The third kappa shape index (κ3) is 15.9. The molecule has 0 bridgehead atoms. The second-order valence-electron chi connectivity index (χ2n) is 13.0. The molecule has 0 aromatic rings. The summed E-state index contributed by atoms with van der Waals surface area (Å²) in [5.74, 6) is -0.438. The van der Waals surface area contributed by atoms with Gasteiger partial charge in [-0.3, -0.25) is 9.59 Å². The second kappa shape index (κ2) is 21.7. The number of esters is 1. The highest BCUT2D eigenvalue weighted by Gasteiger charge is 2.50. The zero-order chi connectivity index (χ0) is 34.9. The van der Waals surface area contributed by atoms with Crippen LogP contribution in [0.2, 0.25) is 0 Å². The molecule has 3 N–H and O–H groups in total. The summed E-state index contributed by atoms with van der Waals surface area (Å²) in [5.41, 5.74) is -0.585. The number of rotatable bonds is 21. The molecular formula is C35H63NO9. The number of carbonyl (C=O) groups excluding carboxylic acids is 2. The lowest BCUT2D eigenvalue weighted by atomic mass is 9.91. The minimum absolute atomic E-state index is 0.0215. The van der Waals surface area contributed by atoms with Crippen molar-refractivity contribution in [3.8, 4) is 0 Å². The highest BCUT2D eigenvalue weighted by molar-refractivity contribution is 5.70. The molecule has 0 spiro atoms. The quantitative estimate of drug-likeness (QED) is 0.0542. The van der Waals surface area contributed by atoms with Crippen molar-refractivity contribution >= 4 is 12.4 Å². The monoisotopic (exact) mass is 641 g/mol. The number of aliphatic hydroxyl groups excluding tert-OH is 2. The molecule has 10 heteroatoms. The molecule has 1 saturated heterocycles. The maximum absolute atomic E-state index is 12.7. The SMILES string of the molecule is C=CC(OC=O)C(C)(O)CCC(O)CC(=O)OC(/C(C)=C/C=C/C(C)C(O)C1OC1C(C)C(CC)OC)C(C)CC.CN(C)C. The van der Waals surface area contributed by atoms with Gasteiger partial charge in [-0.05, 0) is 78.2 Å². The van der Waals surface area contributed by atoms with E-state index in [-0.39, 0.29) is 61.8 Å². The molecule has 262 valence electrons. The van der Waals surface area contributed by atoms with Crippen molar-refractivity contribution < 1.29 is 43.9 Å². The average molecular weight is 642 g/mol. The van der Waals surface area contributed by atoms with Crippen molar-refractivity contribution in [2.75, 3.05) is 28.3 Å². The van der Waals surface area contributed by atoms with Crippen molar-refractivity contribution in [1.29, 1.82) is 0 Å². The standard InChI is InChI=1S/C32H54O9.C3H9N/c1-10-20(4)29(40-27(35)18-24(34)16-17-32(8,37)26(12-3)39-19-33)22(6)15-13-14-21(5)28(36)31-30(41-31)23(7)25(11-2)38-9;1-4(2)3/h12-15,19-21,23-26,28-31,34,36-37H,3,10-11,16-18H2,1-2,4-9H3;1-3H3/b14-13+,22-15+;. The summed E-state index contributed by atoms with van der Waals surface area (Å²) in [5, 5.41) is 31.8. The Labute approximate surface area is 272 Å². The van der Waals surface area contributed by atoms with E-state index in [2.05, 4.69) is 20.4 Å². The number of methoxy groups -OCH3 is 1. The Hall–Kier alpha value is -2.08. The molecule has 1 rings (SSSR count). The van der Waals surface area contributed by atoms with Crippen LogP contribution in [0.5, 0.6) is 0 Å². The van der Waals surface area contributed by atoms with Crippen molar-refractivity contribution in [3.63, 3.8) is 0 Å². The van der Waals surface area contributed by atoms with E-state index < -0.39 is 36.0 Å². The third-order valence-electron chi connectivity index (χ3n) is 8.30. The first kappa shape index (κ1) is 42.9. The number of ether oxygens (including phenoxy) is 4. The van der Waals surface area contributed by atoms with E-state index in [1.807, 2.05) is 72.0 Å². The van der Waals surface area contributed by atoms with Crippen LogP contribution >= 0.6 is 0 Å². The Morgan fingerprint density at radius 3 is 2.20 bits per heavy atom. The first-order chi connectivity index (χ1) is 21.0. The van der Waals surface area contributed by atoms with Crippen molar-refractivity contribution in [2.45, 2.75) is 129 Å². The van der Waals surface area contributed by atoms with Gasteiger partial charge in [-0.1, -0.05) is 59.4 Å². The van der Waals surface area contributed by atoms with Crippen LogP contribution in [-0.4, -0.2) is 109 Å². The molecule has 11 unspecified atom stereocenters. The van der Waals surface area contributed by atoms with Crippen LogP contribution in [-0.2, 0) is 28.5 Å². The molecule has 1 heterocycles. The number of carbonyl (C=O) groups is 2. The summed E-state index contributed by atoms with van der Waals surface area (Å²) in [7, 11) is 7.70. The Balaban J connectivity index is 0.00000454. The van der Waals surface area contributed by atoms with Crippen molar-refractivity contribution in [1.82, 2.24) is 4.90 Å². The van der Waals surface area contributed by atoms with Gasteiger partial charge in [0.15, 0.2) is 0 Å². The predicted molar refractivity (Wildman–Crippen MR) is 178 cm³/mol. The molecule has 0 aliphatic carbocycles. The Morgan fingerprint density at radius 2 is 1.71 bits per heavy atom. The normalized spacial score (nSPS) is 23.3. The van der Waals surface area contributed by atoms with Crippen LogP contribution in [0.3, 0.4) is 0 Å². The molecule has 0 aromatic heterocycles. The summed E-state index contributed by atoms with van der Waals surface area (Å²) >= 11 is 0. The highest BCUT2D eigenvalue weighted by atomic mass is 16.6. The number of allylic oxidation sites excluding steroid dienone is 2. The van der Waals surface area contributed by atoms with E-state index in [4.69, 9.17) is 18.9 Å². The zero-order valence-corrected chi connectivity index (χ0v) is 29.6. The molecule has 11 atom stereocenters. The van der Waals surface area contributed by atoms with Gasteiger partial charge in [0.25, 0.3) is 6.47 Å². The summed E-state index contributed by atoms with van der Waals surface area (Å²) in [6.07, 6.45) is 5.40. The van der Waals surface area contributed by atoms with Gasteiger partial charge in [-0.15, -0.1) is 0 Å². The molecule has 0 aromatic carbocycles. The average Bonchev–Trinajstić information content (AvgIpc) is 3.78. The first-order valence-corrected chi connectivity index (χ1v) is 16.1. The molecule has 1 aliphatic heterocycles. The summed E-state index contributed by atoms with van der Waals surface area (Å²) in [6.45, 7) is 17.3. The van der Waals surface area contributed by atoms with Crippen molar-refractivity contribution in [3.05, 3.63) is 36.5 Å². The number of epoxide rings is 1. The summed E-state index contributed by atoms with van der Waals surface area (Å²) < 4.78 is 21.9. The lowest BCUT2D eigenvalue weighted by molar-refractivity contribution is -0.152. The van der Waals surface area contributed by atoms with Crippen molar-refractivity contribution in [2.24, 2.45) is 17.8 Å². The highest BCUT2D eigenvalue weighted by Crippen LogP contribution is 2.37. The topological polar surface area (TPSA) is 138 Å². The van der Waals surface area contributed by atoms with E-state index in [1.165, 1.54) is 13.0 Å². The van der Waals surface area contributed by atoms with Crippen LogP contribution in [0.25, 0.3) is 0 Å². The Kier molecular flexibility index (Phi) is 20.7. The Morgan fingerprint density at radius 1 is 1.11 bits per heavy atom. The smallest absolute Gasteiger partial charge is 0.309 e. The van der Waals surface area contributed by atoms with E-state index in [0.717, 1.165) is 18.4 Å². The fraction of sp³-hybridized carbons (Fsp3) is 0.771. The Bertz CT molecular complexity index is 912. The first-order valence-electron chi connectivity index (χ1n) is 16.1. The number of hydrogen-bond donors (Lipinski definition) is 3. The maximum Gasteiger partial charge on any atom is 0.309 e. The van der Waals surface area contributed by atoms with Crippen LogP contribution in [0.1, 0.15) is 80.6 Å². The van der Waals surface area contributed by atoms with Crippen LogP contribution in [0.4, 0.5) is 0 Å². The number of aliphatic hydroxyl groups is 3. The maximum atomic E-state index is 12.7. The molecule has 0 radical (unpaired) electrons. The third-order valence-corrected chi connectivity index (χ3v) is 8.30. The van der Waals surface area contributed by atoms with Gasteiger partial charge in [0.05, 0.1) is 30.8 Å². The lowest BCUT2D eigenvalue weighted by Gasteiger charge is -2.30. The zero-order valence-electron chi connectivity index (χ0n) is 29.6. The van der Waals surface area contributed by atoms with Gasteiger partial charge in [0.2, 0.25) is 0 Å². The van der Waals surface area contributed by atoms with E-state index in [1.54, 1.807) is 7.11 Å². The van der Waals surface area contributed by atoms with Crippen LogP contribution in [0.15, 0.2) is 36.5 Å². The minimum Gasteiger partial charge on any atom is -0.457 e. The fourth-order valence-electron chi connectivity index (χ4n) is 5.16. The van der Waals surface area contributed by atoms with Gasteiger partial charge in [-0.25, -0.2) is 0 Å². The predicted octanol–water partition coefficient (Wildman–Crippen LogP) is 4.46.